The van der Waals surface area contributed by atoms with Crippen LogP contribution in [0.5, 0.6) is 0 Å². The summed E-state index contributed by atoms with van der Waals surface area (Å²) in [6.07, 6.45) is 4.49. The largest absolute Gasteiger partial charge is 0.301 e. The molecular formula is C14H20N4O4. The lowest BCUT2D eigenvalue weighted by atomic mass is 9.81. The Kier molecular flexibility index (Phi) is 5.97. The smallest absolute Gasteiger partial charge is 0.272 e. The molecule has 0 radical (unpaired) electrons. The average molecular weight is 308 g/mol. The van der Waals surface area contributed by atoms with E-state index in [-0.39, 0.29) is 22.5 Å². The van der Waals surface area contributed by atoms with E-state index < -0.39 is 9.85 Å². The van der Waals surface area contributed by atoms with E-state index in [0.29, 0.717) is 0 Å². The Hall–Kier alpha value is -2.51. The maximum Gasteiger partial charge on any atom is 0.301 e. The summed E-state index contributed by atoms with van der Waals surface area (Å²) in [7, 11) is 0. The summed E-state index contributed by atoms with van der Waals surface area (Å²) in [6, 6.07) is 3.42. The number of nitro groups is 2. The van der Waals surface area contributed by atoms with Gasteiger partial charge in [-0.2, -0.15) is 5.10 Å². The number of rotatable bonds is 8. The number of hydrazone groups is 1. The van der Waals surface area contributed by atoms with Crippen molar-refractivity contribution in [2.75, 3.05) is 5.43 Å². The van der Waals surface area contributed by atoms with Crippen molar-refractivity contribution in [2.45, 2.75) is 40.0 Å². The molecule has 0 aromatic heterocycles. The van der Waals surface area contributed by atoms with E-state index in [2.05, 4.69) is 31.3 Å². The molecule has 1 N–H and O–H groups in total. The highest BCUT2D eigenvalue weighted by molar-refractivity contribution is 5.70. The fourth-order valence-electron chi connectivity index (χ4n) is 2.14. The number of anilines is 1. The van der Waals surface area contributed by atoms with Crippen LogP contribution in [0.1, 0.15) is 40.0 Å². The third kappa shape index (κ3) is 4.00. The first-order chi connectivity index (χ1) is 10.4. The zero-order valence-electron chi connectivity index (χ0n) is 12.9. The molecule has 0 bridgehead atoms. The molecule has 0 amide bonds. The summed E-state index contributed by atoms with van der Waals surface area (Å²) in [5.41, 5.74) is 2.00. The van der Waals surface area contributed by atoms with Crippen LogP contribution < -0.4 is 5.43 Å². The van der Waals surface area contributed by atoms with E-state index in [9.17, 15) is 20.2 Å². The molecule has 0 spiro atoms. The van der Waals surface area contributed by atoms with Gasteiger partial charge in [-0.25, -0.2) is 0 Å². The fraction of sp³-hybridized carbons (Fsp3) is 0.500. The molecule has 22 heavy (non-hydrogen) atoms. The van der Waals surface area contributed by atoms with Gasteiger partial charge >= 0.3 is 5.69 Å². The number of hydrogen-bond donors (Lipinski definition) is 1. The van der Waals surface area contributed by atoms with Gasteiger partial charge in [0.05, 0.1) is 15.9 Å². The molecule has 0 heterocycles. The standard InChI is InChI=1S/C14H20N4O4/c1-4-14(5-2,6-3)10-15-16-12-8-7-11(17(19)20)9-13(12)18(21)22/h7-10,16H,4-6H2,1-3H3. The number of nitrogens with zero attached hydrogens (tertiary/aromatic N) is 3. The van der Waals surface area contributed by atoms with E-state index in [4.69, 9.17) is 0 Å². The second kappa shape index (κ2) is 7.48. The van der Waals surface area contributed by atoms with Crippen LogP contribution in [0.3, 0.4) is 0 Å². The second-order valence-electron chi connectivity index (χ2n) is 5.01. The average Bonchev–Trinajstić information content (AvgIpc) is 2.52. The summed E-state index contributed by atoms with van der Waals surface area (Å²) in [6.45, 7) is 6.19. The molecule has 1 rings (SSSR count). The molecule has 1 aromatic rings. The van der Waals surface area contributed by atoms with Gasteiger partial charge in [-0.1, -0.05) is 20.8 Å². The minimum atomic E-state index is -0.670. The molecule has 8 nitrogen and oxygen atoms in total. The molecular weight excluding hydrogens is 288 g/mol. The fourth-order valence-corrected chi connectivity index (χ4v) is 2.14. The topological polar surface area (TPSA) is 111 Å². The van der Waals surface area contributed by atoms with Crippen LogP contribution in [0, 0.1) is 25.6 Å². The molecule has 1 aromatic carbocycles. The Balaban J connectivity index is 3.03. The summed E-state index contributed by atoms with van der Waals surface area (Å²) in [5.74, 6) is 0. The van der Waals surface area contributed by atoms with Crippen molar-refractivity contribution in [3.05, 3.63) is 38.4 Å². The maximum absolute atomic E-state index is 11.0. The Bertz CT molecular complexity index is 574. The Morgan fingerprint density at radius 1 is 1.14 bits per heavy atom. The minimum absolute atomic E-state index is 0.0530. The molecule has 0 aliphatic carbocycles. The van der Waals surface area contributed by atoms with Gasteiger partial charge in [-0.3, -0.25) is 25.7 Å². The normalized spacial score (nSPS) is 11.6. The van der Waals surface area contributed by atoms with Gasteiger partial charge in [0, 0.05) is 17.7 Å². The number of hydrogen-bond acceptors (Lipinski definition) is 6. The van der Waals surface area contributed by atoms with Crippen LogP contribution in [-0.4, -0.2) is 16.1 Å². The summed E-state index contributed by atoms with van der Waals surface area (Å²) >= 11 is 0. The predicted octanol–water partition coefficient (Wildman–Crippen LogP) is 4.12. The molecule has 0 fully saturated rings. The molecule has 120 valence electrons. The van der Waals surface area contributed by atoms with Gasteiger partial charge in [0.25, 0.3) is 5.69 Å². The molecule has 0 aliphatic heterocycles. The van der Waals surface area contributed by atoms with Crippen molar-refractivity contribution in [1.82, 2.24) is 0 Å². The van der Waals surface area contributed by atoms with Crippen molar-refractivity contribution >= 4 is 23.3 Å². The monoisotopic (exact) mass is 308 g/mol. The van der Waals surface area contributed by atoms with Crippen molar-refractivity contribution in [3.63, 3.8) is 0 Å². The van der Waals surface area contributed by atoms with E-state index >= 15 is 0 Å². The quantitative estimate of drug-likeness (QED) is 0.441. The molecule has 0 saturated heterocycles. The number of nitro benzene ring substituents is 2. The van der Waals surface area contributed by atoms with Crippen molar-refractivity contribution in [3.8, 4) is 0 Å². The minimum Gasteiger partial charge on any atom is -0.272 e. The molecule has 0 atom stereocenters. The van der Waals surface area contributed by atoms with Crippen LogP contribution in [0.2, 0.25) is 0 Å². The third-order valence-electron chi connectivity index (χ3n) is 4.02. The van der Waals surface area contributed by atoms with Gasteiger partial charge in [0.15, 0.2) is 0 Å². The Morgan fingerprint density at radius 2 is 1.73 bits per heavy atom. The number of non-ortho nitro benzene ring substituents is 1. The van der Waals surface area contributed by atoms with Crippen LogP contribution in [-0.2, 0) is 0 Å². The van der Waals surface area contributed by atoms with E-state index in [0.717, 1.165) is 25.3 Å². The predicted molar refractivity (Wildman–Crippen MR) is 85.2 cm³/mol. The first kappa shape index (κ1) is 17.5. The summed E-state index contributed by atoms with van der Waals surface area (Å²) in [5, 5.41) is 25.8. The summed E-state index contributed by atoms with van der Waals surface area (Å²) in [4.78, 5) is 20.4. The highest BCUT2D eigenvalue weighted by atomic mass is 16.6. The highest BCUT2D eigenvalue weighted by Gasteiger charge is 2.22. The number of benzene rings is 1. The van der Waals surface area contributed by atoms with Gasteiger partial charge in [-0.05, 0) is 25.3 Å². The second-order valence-corrected chi connectivity index (χ2v) is 5.01. The van der Waals surface area contributed by atoms with Crippen molar-refractivity contribution in [1.29, 1.82) is 0 Å². The lowest BCUT2D eigenvalue weighted by molar-refractivity contribution is -0.393. The summed E-state index contributed by atoms with van der Waals surface area (Å²) < 4.78 is 0. The third-order valence-corrected chi connectivity index (χ3v) is 4.02. The van der Waals surface area contributed by atoms with Crippen molar-refractivity contribution < 1.29 is 9.85 Å². The first-order valence-electron chi connectivity index (χ1n) is 7.12. The van der Waals surface area contributed by atoms with Gasteiger partial charge < -0.3 is 0 Å². The zero-order valence-corrected chi connectivity index (χ0v) is 12.9. The van der Waals surface area contributed by atoms with E-state index in [1.807, 2.05) is 0 Å². The SMILES string of the molecule is CCC(C=NNc1ccc([N+](=O)[O-])cc1[N+](=O)[O-])(CC)CC. The molecule has 0 aliphatic rings. The Labute approximate surface area is 128 Å². The van der Waals surface area contributed by atoms with E-state index in [1.54, 1.807) is 6.21 Å². The maximum atomic E-state index is 11.0. The van der Waals surface area contributed by atoms with Crippen LogP contribution >= 0.6 is 0 Å². The molecule has 0 saturated carbocycles. The lowest BCUT2D eigenvalue weighted by Gasteiger charge is -2.24. The Morgan fingerprint density at radius 3 is 2.18 bits per heavy atom. The highest BCUT2D eigenvalue weighted by Crippen LogP contribution is 2.30. The van der Waals surface area contributed by atoms with Gasteiger partial charge in [0.2, 0.25) is 0 Å². The first-order valence-corrected chi connectivity index (χ1v) is 7.12. The van der Waals surface area contributed by atoms with Crippen LogP contribution in [0.25, 0.3) is 0 Å². The van der Waals surface area contributed by atoms with Crippen molar-refractivity contribution in [2.24, 2.45) is 10.5 Å². The van der Waals surface area contributed by atoms with E-state index in [1.165, 1.54) is 12.1 Å². The zero-order chi connectivity index (χ0) is 16.8. The molecule has 8 heteroatoms. The van der Waals surface area contributed by atoms with Crippen LogP contribution in [0.15, 0.2) is 23.3 Å². The van der Waals surface area contributed by atoms with Gasteiger partial charge in [-0.15, -0.1) is 0 Å². The molecule has 0 unspecified atom stereocenters. The van der Waals surface area contributed by atoms with Crippen LogP contribution in [0.4, 0.5) is 17.1 Å². The van der Waals surface area contributed by atoms with Gasteiger partial charge in [0.1, 0.15) is 5.69 Å². The lowest BCUT2D eigenvalue weighted by Crippen LogP contribution is -2.20. The number of nitrogens with one attached hydrogen (secondary N) is 1.